The lowest BCUT2D eigenvalue weighted by Gasteiger charge is -2.15. The number of amides is 1. The first-order valence-electron chi connectivity index (χ1n) is 17.6. The maximum absolute atomic E-state index is 16.0. The standard InChI is InChI=1S/C41H42FN3O7S/c1-4-7-24-51-41(48)44-53(49,50)36-21-14-13-19-32(36)29-22-23-30(34(42)25-29)26-45-37(15-5-2)43-35(6-3)38(45)40(47)52-27-31-18-11-12-20-33(31)39(46)28-16-9-8-10-17-28/h8-14,16-23,25H,4-7,15,24,26-27H2,1-3H3,(H,44,48). The number of sulfonamides is 1. The lowest BCUT2D eigenvalue weighted by Crippen LogP contribution is -2.31. The monoisotopic (exact) mass is 739 g/mol. The summed E-state index contributed by atoms with van der Waals surface area (Å²) in [4.78, 5) is 43.8. The van der Waals surface area contributed by atoms with Gasteiger partial charge in [-0.2, -0.15) is 0 Å². The number of esters is 1. The number of rotatable bonds is 16. The molecule has 5 rings (SSSR count). The van der Waals surface area contributed by atoms with E-state index < -0.39 is 27.9 Å². The van der Waals surface area contributed by atoms with E-state index in [1.807, 2.05) is 31.6 Å². The van der Waals surface area contributed by atoms with E-state index >= 15 is 4.39 Å². The SMILES string of the molecule is CCCCOC(=O)NS(=O)(=O)c1ccccc1-c1ccc(Cn2c(CCC)nc(CC)c2C(=O)OCc2ccccc2C(=O)c2ccccc2)c(F)c1. The molecule has 276 valence electrons. The summed E-state index contributed by atoms with van der Waals surface area (Å²) in [7, 11) is -4.35. The van der Waals surface area contributed by atoms with Crippen LogP contribution in [-0.4, -0.2) is 42.4 Å². The Balaban J connectivity index is 1.41. The molecule has 0 radical (unpaired) electrons. The second-order valence-electron chi connectivity index (χ2n) is 12.3. The van der Waals surface area contributed by atoms with Crippen LogP contribution in [-0.2, 0) is 45.5 Å². The summed E-state index contributed by atoms with van der Waals surface area (Å²) in [5.74, 6) is -0.895. The van der Waals surface area contributed by atoms with Crippen molar-refractivity contribution in [1.82, 2.24) is 14.3 Å². The third kappa shape index (κ3) is 9.25. The molecule has 0 aliphatic rings. The molecule has 4 aromatic carbocycles. The summed E-state index contributed by atoms with van der Waals surface area (Å²) >= 11 is 0. The van der Waals surface area contributed by atoms with E-state index in [0.29, 0.717) is 47.5 Å². The fourth-order valence-electron chi connectivity index (χ4n) is 5.89. The third-order valence-electron chi connectivity index (χ3n) is 8.60. The predicted molar refractivity (Wildman–Crippen MR) is 199 cm³/mol. The van der Waals surface area contributed by atoms with Crippen LogP contribution in [0.4, 0.5) is 9.18 Å². The molecule has 0 bridgehead atoms. The Morgan fingerprint density at radius 1 is 0.830 bits per heavy atom. The largest absolute Gasteiger partial charge is 0.456 e. The van der Waals surface area contributed by atoms with Gasteiger partial charge in [0, 0.05) is 34.2 Å². The number of aromatic nitrogens is 2. The van der Waals surface area contributed by atoms with Crippen molar-refractivity contribution in [1.29, 1.82) is 0 Å². The molecular weight excluding hydrogens is 698 g/mol. The molecule has 1 N–H and O–H groups in total. The summed E-state index contributed by atoms with van der Waals surface area (Å²) in [6.45, 7) is 5.62. The van der Waals surface area contributed by atoms with Crippen molar-refractivity contribution in [2.24, 2.45) is 0 Å². The second-order valence-corrected chi connectivity index (χ2v) is 14.0. The number of nitrogens with one attached hydrogen (secondary N) is 1. The van der Waals surface area contributed by atoms with Gasteiger partial charge in [-0.05, 0) is 37.0 Å². The zero-order valence-corrected chi connectivity index (χ0v) is 30.7. The van der Waals surface area contributed by atoms with Crippen LogP contribution < -0.4 is 4.72 Å². The van der Waals surface area contributed by atoms with Gasteiger partial charge in [0.2, 0.25) is 0 Å². The number of ether oxygens (including phenoxy) is 2. The summed E-state index contributed by atoms with van der Waals surface area (Å²) in [6, 6.07) is 26.1. The summed E-state index contributed by atoms with van der Waals surface area (Å²) in [5, 5.41) is 0. The van der Waals surface area contributed by atoms with Crippen molar-refractivity contribution in [3.63, 3.8) is 0 Å². The predicted octanol–water partition coefficient (Wildman–Crippen LogP) is 8.06. The molecule has 0 fully saturated rings. The summed E-state index contributed by atoms with van der Waals surface area (Å²) in [5.41, 5.74) is 2.86. The van der Waals surface area contributed by atoms with Crippen LogP contribution >= 0.6 is 0 Å². The first kappa shape index (κ1) is 38.6. The Hall–Kier alpha value is -5.62. The van der Waals surface area contributed by atoms with Gasteiger partial charge in [0.05, 0.1) is 23.7 Å². The Kier molecular flexibility index (Phi) is 12.9. The normalized spacial score (nSPS) is 11.2. The number of unbranched alkanes of at least 4 members (excludes halogenated alkanes) is 1. The number of hydrogen-bond acceptors (Lipinski definition) is 8. The molecule has 5 aromatic rings. The Morgan fingerprint density at radius 3 is 2.26 bits per heavy atom. The maximum atomic E-state index is 16.0. The Bertz CT molecular complexity index is 2200. The van der Waals surface area contributed by atoms with E-state index in [0.717, 1.165) is 12.8 Å². The molecule has 1 amide bonds. The summed E-state index contributed by atoms with van der Waals surface area (Å²) in [6.07, 6.45) is 1.92. The minimum absolute atomic E-state index is 0.0485. The first-order chi connectivity index (χ1) is 25.6. The highest BCUT2D eigenvalue weighted by Crippen LogP contribution is 2.30. The van der Waals surface area contributed by atoms with E-state index in [4.69, 9.17) is 14.5 Å². The van der Waals surface area contributed by atoms with E-state index in [-0.39, 0.29) is 52.8 Å². The van der Waals surface area contributed by atoms with Gasteiger partial charge in [-0.3, -0.25) is 4.79 Å². The molecule has 0 aliphatic carbocycles. The van der Waals surface area contributed by atoms with Crippen molar-refractivity contribution in [3.05, 3.63) is 142 Å². The number of ketones is 1. The molecule has 0 aliphatic heterocycles. The highest BCUT2D eigenvalue weighted by atomic mass is 32.2. The van der Waals surface area contributed by atoms with Crippen LogP contribution in [0.25, 0.3) is 11.1 Å². The molecular formula is C41H42FN3O7S. The van der Waals surface area contributed by atoms with Crippen molar-refractivity contribution in [3.8, 4) is 11.1 Å². The lowest BCUT2D eigenvalue weighted by atomic mass is 9.99. The molecule has 12 heteroatoms. The minimum Gasteiger partial charge on any atom is -0.456 e. The molecule has 1 heterocycles. The zero-order chi connectivity index (χ0) is 38.0. The topological polar surface area (TPSA) is 134 Å². The minimum atomic E-state index is -4.35. The molecule has 0 atom stereocenters. The van der Waals surface area contributed by atoms with Crippen LogP contribution in [0, 0.1) is 5.82 Å². The average Bonchev–Trinajstić information content (AvgIpc) is 3.51. The average molecular weight is 740 g/mol. The van der Waals surface area contributed by atoms with Gasteiger partial charge in [-0.15, -0.1) is 0 Å². The molecule has 0 unspecified atom stereocenters. The molecule has 0 saturated carbocycles. The molecule has 0 saturated heterocycles. The Morgan fingerprint density at radius 2 is 1.55 bits per heavy atom. The zero-order valence-electron chi connectivity index (χ0n) is 29.9. The van der Waals surface area contributed by atoms with Gasteiger partial charge in [0.1, 0.15) is 18.2 Å². The number of nitrogens with zero attached hydrogens (tertiary/aromatic N) is 2. The van der Waals surface area contributed by atoms with Gasteiger partial charge in [-0.1, -0.05) is 112 Å². The number of aryl methyl sites for hydroxylation is 2. The van der Waals surface area contributed by atoms with Gasteiger partial charge in [0.25, 0.3) is 10.0 Å². The van der Waals surface area contributed by atoms with Gasteiger partial charge in [0.15, 0.2) is 11.5 Å². The van der Waals surface area contributed by atoms with Crippen LogP contribution in [0.15, 0.2) is 102 Å². The van der Waals surface area contributed by atoms with Crippen molar-refractivity contribution in [2.75, 3.05) is 6.61 Å². The van der Waals surface area contributed by atoms with Crippen LogP contribution in [0.5, 0.6) is 0 Å². The number of benzene rings is 4. The Labute approximate surface area is 309 Å². The number of hydrogen-bond donors (Lipinski definition) is 1. The number of imidazole rings is 1. The van der Waals surface area contributed by atoms with Crippen molar-refractivity contribution in [2.45, 2.75) is 70.9 Å². The van der Waals surface area contributed by atoms with E-state index in [1.54, 1.807) is 65.2 Å². The lowest BCUT2D eigenvalue weighted by molar-refractivity contribution is 0.0456. The smallest absolute Gasteiger partial charge is 0.421 e. The highest BCUT2D eigenvalue weighted by Gasteiger charge is 2.26. The molecule has 53 heavy (non-hydrogen) atoms. The van der Waals surface area contributed by atoms with E-state index in [1.165, 1.54) is 30.3 Å². The second kappa shape index (κ2) is 17.7. The quantitative estimate of drug-likeness (QED) is 0.0611. The fourth-order valence-corrected chi connectivity index (χ4v) is 7.02. The van der Waals surface area contributed by atoms with Gasteiger partial charge in [-0.25, -0.2) is 32.1 Å². The number of halogens is 1. The number of carbonyl (C=O) groups excluding carboxylic acids is 3. The van der Waals surface area contributed by atoms with Crippen molar-refractivity contribution < 1.29 is 36.7 Å². The van der Waals surface area contributed by atoms with Gasteiger partial charge < -0.3 is 14.0 Å². The number of carbonyl (C=O) groups is 3. The first-order valence-corrected chi connectivity index (χ1v) is 19.1. The van der Waals surface area contributed by atoms with Crippen LogP contribution in [0.1, 0.15) is 89.1 Å². The highest BCUT2D eigenvalue weighted by molar-refractivity contribution is 7.90. The van der Waals surface area contributed by atoms with E-state index in [9.17, 15) is 22.8 Å². The maximum Gasteiger partial charge on any atom is 0.421 e. The summed E-state index contributed by atoms with van der Waals surface area (Å²) < 4.78 is 56.7. The van der Waals surface area contributed by atoms with Crippen LogP contribution in [0.3, 0.4) is 0 Å². The fraction of sp³-hybridized carbons (Fsp3) is 0.268. The molecule has 10 nitrogen and oxygen atoms in total. The molecule has 0 spiro atoms. The van der Waals surface area contributed by atoms with Crippen molar-refractivity contribution >= 4 is 27.9 Å². The molecule has 1 aromatic heterocycles. The third-order valence-corrected chi connectivity index (χ3v) is 9.97. The van der Waals surface area contributed by atoms with Crippen LogP contribution in [0.2, 0.25) is 0 Å². The van der Waals surface area contributed by atoms with E-state index in [2.05, 4.69) is 0 Å². The van der Waals surface area contributed by atoms with Gasteiger partial charge >= 0.3 is 12.1 Å².